The van der Waals surface area contributed by atoms with E-state index in [-0.39, 0.29) is 11.9 Å². The fourth-order valence-corrected chi connectivity index (χ4v) is 5.22. The maximum absolute atomic E-state index is 13.3. The molecule has 3 aromatic rings. The number of nitrogens with zero attached hydrogens (tertiary/aromatic N) is 4. The van der Waals surface area contributed by atoms with Gasteiger partial charge in [-0.1, -0.05) is 12.1 Å². The Kier molecular flexibility index (Phi) is 6.38. The molecule has 8 heteroatoms. The minimum Gasteiger partial charge on any atom is -0.497 e. The largest absolute Gasteiger partial charge is 0.497 e. The third kappa shape index (κ3) is 4.50. The lowest BCUT2D eigenvalue weighted by atomic mass is 10.0. The van der Waals surface area contributed by atoms with Crippen LogP contribution in [0.1, 0.15) is 33.6 Å². The highest BCUT2D eigenvalue weighted by molar-refractivity contribution is 7.20. The number of nitrogens with one attached hydrogen (secondary N) is 1. The lowest BCUT2D eigenvalue weighted by Crippen LogP contribution is -2.44. The Morgan fingerprint density at radius 1 is 1.32 bits per heavy atom. The summed E-state index contributed by atoms with van der Waals surface area (Å²) in [6, 6.07) is 8.22. The van der Waals surface area contributed by atoms with Gasteiger partial charge in [-0.15, -0.1) is 11.3 Å². The third-order valence-electron chi connectivity index (χ3n) is 6.07. The molecule has 0 atom stereocenters. The molecule has 0 aliphatic carbocycles. The summed E-state index contributed by atoms with van der Waals surface area (Å²) >= 11 is 1.45. The minimum absolute atomic E-state index is 0.0776. The van der Waals surface area contributed by atoms with E-state index >= 15 is 0 Å². The number of hydrogen-bond acceptors (Lipinski definition) is 7. The molecule has 1 amide bonds. The number of rotatable bonds is 6. The van der Waals surface area contributed by atoms with Gasteiger partial charge in [0.15, 0.2) is 0 Å². The fourth-order valence-electron chi connectivity index (χ4n) is 4.09. The number of methoxy groups -OCH3 is 1. The Hall–Kier alpha value is -2.71. The van der Waals surface area contributed by atoms with Crippen molar-refractivity contribution in [2.24, 2.45) is 0 Å². The summed E-state index contributed by atoms with van der Waals surface area (Å²) < 4.78 is 5.31. The number of carbonyl (C=O) groups excluding carboxylic acids is 1. The van der Waals surface area contributed by atoms with Crippen LogP contribution < -0.4 is 10.1 Å². The van der Waals surface area contributed by atoms with Gasteiger partial charge < -0.3 is 19.9 Å². The number of anilines is 1. The number of fused-ring (bicyclic) bond motifs is 1. The smallest absolute Gasteiger partial charge is 0.264 e. The molecule has 0 spiro atoms. The molecular weight excluding hydrogens is 410 g/mol. The lowest BCUT2D eigenvalue weighted by molar-refractivity contribution is 0.0664. The summed E-state index contributed by atoms with van der Waals surface area (Å²) in [4.78, 5) is 28.0. The number of piperidine rings is 1. The van der Waals surface area contributed by atoms with Crippen LogP contribution in [0.2, 0.25) is 0 Å². The lowest BCUT2D eigenvalue weighted by Gasteiger charge is -2.35. The molecule has 1 saturated heterocycles. The van der Waals surface area contributed by atoms with Gasteiger partial charge in [0.2, 0.25) is 0 Å². The van der Waals surface area contributed by atoms with Crippen molar-refractivity contribution in [3.05, 3.63) is 46.6 Å². The number of aryl methyl sites for hydroxylation is 1. The fraction of sp³-hybridized carbons (Fsp3) is 0.435. The van der Waals surface area contributed by atoms with E-state index in [1.54, 1.807) is 13.4 Å². The molecule has 1 aliphatic rings. The van der Waals surface area contributed by atoms with Crippen LogP contribution in [0.15, 0.2) is 30.6 Å². The van der Waals surface area contributed by atoms with Crippen LogP contribution in [-0.4, -0.2) is 66.0 Å². The van der Waals surface area contributed by atoms with Crippen molar-refractivity contribution in [1.29, 1.82) is 0 Å². The van der Waals surface area contributed by atoms with Crippen molar-refractivity contribution in [2.45, 2.75) is 32.4 Å². The molecule has 164 valence electrons. The molecule has 1 aromatic carbocycles. The number of amides is 1. The molecule has 1 aliphatic heterocycles. The molecule has 0 radical (unpaired) electrons. The average Bonchev–Trinajstić information content (AvgIpc) is 3.14. The van der Waals surface area contributed by atoms with E-state index in [0.717, 1.165) is 63.7 Å². The first-order valence-corrected chi connectivity index (χ1v) is 11.4. The number of likely N-dealkylation sites (tertiary alicyclic amines) is 1. The van der Waals surface area contributed by atoms with E-state index in [2.05, 4.69) is 27.2 Å². The molecule has 0 bridgehead atoms. The van der Waals surface area contributed by atoms with Gasteiger partial charge in [0.05, 0.1) is 17.4 Å². The van der Waals surface area contributed by atoms with Gasteiger partial charge in [-0.2, -0.15) is 0 Å². The summed E-state index contributed by atoms with van der Waals surface area (Å²) in [6.07, 6.45) is 3.58. The number of aromatic nitrogens is 2. The first-order chi connectivity index (χ1) is 15.0. The van der Waals surface area contributed by atoms with Crippen molar-refractivity contribution in [2.75, 3.05) is 39.6 Å². The molecule has 4 rings (SSSR count). The second kappa shape index (κ2) is 9.20. The highest BCUT2D eigenvalue weighted by Crippen LogP contribution is 2.34. The second-order valence-corrected chi connectivity index (χ2v) is 9.11. The summed E-state index contributed by atoms with van der Waals surface area (Å²) in [5, 5.41) is 4.34. The maximum atomic E-state index is 13.3. The first kappa shape index (κ1) is 21.5. The third-order valence-corrected chi connectivity index (χ3v) is 7.26. The van der Waals surface area contributed by atoms with Gasteiger partial charge in [-0.05, 0) is 63.2 Å². The van der Waals surface area contributed by atoms with Gasteiger partial charge in [-0.3, -0.25) is 4.79 Å². The predicted molar refractivity (Wildman–Crippen MR) is 125 cm³/mol. The van der Waals surface area contributed by atoms with E-state index in [9.17, 15) is 4.79 Å². The average molecular weight is 440 g/mol. The molecule has 2 aromatic heterocycles. The summed E-state index contributed by atoms with van der Waals surface area (Å²) in [7, 11) is 5.72. The monoisotopic (exact) mass is 439 g/mol. The van der Waals surface area contributed by atoms with Gasteiger partial charge in [0, 0.05) is 19.6 Å². The van der Waals surface area contributed by atoms with E-state index in [4.69, 9.17) is 4.74 Å². The van der Waals surface area contributed by atoms with E-state index < -0.39 is 0 Å². The molecule has 1 N–H and O–H groups in total. The van der Waals surface area contributed by atoms with Crippen LogP contribution in [0.4, 0.5) is 5.82 Å². The summed E-state index contributed by atoms with van der Waals surface area (Å²) in [5.41, 5.74) is 2.04. The SMILES string of the molecule is COc1cccc(CNc2ncnc3sc(C(=O)N(C)C4CCN(C)CC4)c(C)c23)c1. The zero-order chi connectivity index (χ0) is 22.0. The van der Waals surface area contributed by atoms with Crippen molar-refractivity contribution in [3.8, 4) is 5.75 Å². The molecule has 3 heterocycles. The van der Waals surface area contributed by atoms with Crippen LogP contribution >= 0.6 is 11.3 Å². The number of thiophene rings is 1. The number of carbonyl (C=O) groups is 1. The summed E-state index contributed by atoms with van der Waals surface area (Å²) in [5.74, 6) is 1.65. The molecule has 1 fully saturated rings. The van der Waals surface area contributed by atoms with Crippen molar-refractivity contribution >= 4 is 33.3 Å². The Labute approximate surface area is 187 Å². The van der Waals surface area contributed by atoms with Crippen molar-refractivity contribution in [3.63, 3.8) is 0 Å². The predicted octanol–water partition coefficient (Wildman–Crippen LogP) is 3.79. The van der Waals surface area contributed by atoms with Crippen molar-refractivity contribution in [1.82, 2.24) is 19.8 Å². The van der Waals surface area contributed by atoms with E-state index in [1.807, 2.05) is 43.1 Å². The normalized spacial score (nSPS) is 15.2. The number of benzene rings is 1. The standard InChI is InChI=1S/C23H29N5O2S/c1-15-19-21(24-13-16-6-5-7-18(12-16)30-4)25-14-26-22(19)31-20(15)23(29)28(3)17-8-10-27(2)11-9-17/h5-7,12,14,17H,8-11,13H2,1-4H3,(H,24,25,26). The minimum atomic E-state index is 0.0776. The quantitative estimate of drug-likeness (QED) is 0.630. The van der Waals surface area contributed by atoms with Crippen LogP contribution in [0.5, 0.6) is 5.75 Å². The Bertz CT molecular complexity index is 1080. The van der Waals surface area contributed by atoms with E-state index in [0.29, 0.717) is 6.54 Å². The van der Waals surface area contributed by atoms with Gasteiger partial charge in [0.1, 0.15) is 22.7 Å². The zero-order valence-electron chi connectivity index (χ0n) is 18.5. The Balaban J connectivity index is 1.56. The zero-order valence-corrected chi connectivity index (χ0v) is 19.3. The first-order valence-electron chi connectivity index (χ1n) is 10.5. The van der Waals surface area contributed by atoms with Gasteiger partial charge in [-0.25, -0.2) is 9.97 Å². The summed E-state index contributed by atoms with van der Waals surface area (Å²) in [6.45, 7) is 4.65. The van der Waals surface area contributed by atoms with Gasteiger partial charge in [0.25, 0.3) is 5.91 Å². The highest BCUT2D eigenvalue weighted by atomic mass is 32.1. The molecule has 0 saturated carbocycles. The molecular formula is C23H29N5O2S. The van der Waals surface area contributed by atoms with Crippen LogP contribution in [0, 0.1) is 6.92 Å². The number of ether oxygens (including phenoxy) is 1. The topological polar surface area (TPSA) is 70.6 Å². The highest BCUT2D eigenvalue weighted by Gasteiger charge is 2.28. The Morgan fingerprint density at radius 2 is 2.10 bits per heavy atom. The van der Waals surface area contributed by atoms with Crippen LogP contribution in [0.3, 0.4) is 0 Å². The van der Waals surface area contributed by atoms with Crippen LogP contribution in [0.25, 0.3) is 10.2 Å². The molecule has 31 heavy (non-hydrogen) atoms. The van der Waals surface area contributed by atoms with E-state index in [1.165, 1.54) is 11.3 Å². The molecule has 7 nitrogen and oxygen atoms in total. The van der Waals surface area contributed by atoms with Crippen molar-refractivity contribution < 1.29 is 9.53 Å². The molecule has 0 unspecified atom stereocenters. The Morgan fingerprint density at radius 3 is 2.84 bits per heavy atom. The van der Waals surface area contributed by atoms with Crippen LogP contribution in [-0.2, 0) is 6.54 Å². The maximum Gasteiger partial charge on any atom is 0.264 e. The van der Waals surface area contributed by atoms with Gasteiger partial charge >= 0.3 is 0 Å². The second-order valence-electron chi connectivity index (χ2n) is 8.11. The number of hydrogen-bond donors (Lipinski definition) is 1.